The molecule has 1 heteroatoms. The number of hydrogen-bond acceptors (Lipinski definition) is 0. The number of hydrogen-bond donors (Lipinski definition) is 0. The van der Waals surface area contributed by atoms with Crippen molar-refractivity contribution >= 4 is 18.5 Å². The third-order valence-electron chi connectivity index (χ3n) is 4.56. The second kappa shape index (κ2) is 7.77. The highest BCUT2D eigenvalue weighted by atomic mass is 31.1. The topological polar surface area (TPSA) is 0 Å². The monoisotopic (exact) mass is 332 g/mol. The second-order valence-corrected chi connectivity index (χ2v) is 8.79. The van der Waals surface area contributed by atoms with Crippen molar-refractivity contribution in [2.24, 2.45) is 0 Å². The van der Waals surface area contributed by atoms with Gasteiger partial charge in [0.15, 0.2) is 0 Å². The van der Waals surface area contributed by atoms with Crippen LogP contribution in [0.3, 0.4) is 0 Å². The summed E-state index contributed by atoms with van der Waals surface area (Å²) < 4.78 is 0. The standard InChI is InChI=1S/C23H25P/c1-18-16-19(2)23(20(3)17-18)14-15-24(21-10-6-4-7-11-21)22-12-8-5-9-13-22/h4-13,16-17H,14-15H2,1-3H3. The van der Waals surface area contributed by atoms with Crippen LogP contribution in [0.15, 0.2) is 72.8 Å². The summed E-state index contributed by atoms with van der Waals surface area (Å²) in [5.41, 5.74) is 5.76. The average Bonchev–Trinajstić information content (AvgIpc) is 2.59. The fraction of sp³-hybridized carbons (Fsp3) is 0.217. The van der Waals surface area contributed by atoms with Crippen molar-refractivity contribution in [2.45, 2.75) is 27.2 Å². The molecule has 0 nitrogen and oxygen atoms in total. The molecular formula is C23H25P. The lowest BCUT2D eigenvalue weighted by atomic mass is 9.98. The van der Waals surface area contributed by atoms with Crippen LogP contribution in [0.1, 0.15) is 22.3 Å². The molecule has 0 heterocycles. The zero-order valence-corrected chi connectivity index (χ0v) is 15.7. The van der Waals surface area contributed by atoms with Crippen molar-refractivity contribution in [3.8, 4) is 0 Å². The largest absolute Gasteiger partial charge is 0.0622 e. The molecule has 3 aromatic carbocycles. The van der Waals surface area contributed by atoms with Crippen molar-refractivity contribution in [1.29, 1.82) is 0 Å². The zero-order valence-electron chi connectivity index (χ0n) is 14.8. The predicted octanol–water partition coefficient (Wildman–Crippen LogP) is 5.29. The first kappa shape index (κ1) is 16.9. The molecule has 0 atom stereocenters. The van der Waals surface area contributed by atoms with Crippen molar-refractivity contribution < 1.29 is 0 Å². The van der Waals surface area contributed by atoms with Gasteiger partial charge < -0.3 is 0 Å². The normalized spacial score (nSPS) is 11.0. The number of benzene rings is 3. The first-order valence-electron chi connectivity index (χ1n) is 8.59. The van der Waals surface area contributed by atoms with Crippen LogP contribution in [0, 0.1) is 20.8 Å². The maximum Gasteiger partial charge on any atom is -0.0195 e. The highest BCUT2D eigenvalue weighted by molar-refractivity contribution is 7.73. The summed E-state index contributed by atoms with van der Waals surface area (Å²) in [5.74, 6) is 0. The summed E-state index contributed by atoms with van der Waals surface area (Å²) in [4.78, 5) is 0. The fourth-order valence-electron chi connectivity index (χ4n) is 3.45. The smallest absolute Gasteiger partial charge is 0.0195 e. The van der Waals surface area contributed by atoms with Crippen molar-refractivity contribution in [2.75, 3.05) is 6.16 Å². The van der Waals surface area contributed by atoms with E-state index in [1.807, 2.05) is 0 Å². The van der Waals surface area contributed by atoms with Gasteiger partial charge in [0.25, 0.3) is 0 Å². The average molecular weight is 332 g/mol. The van der Waals surface area contributed by atoms with Crippen molar-refractivity contribution in [3.05, 3.63) is 95.1 Å². The van der Waals surface area contributed by atoms with E-state index in [1.165, 1.54) is 39.0 Å². The van der Waals surface area contributed by atoms with Gasteiger partial charge in [0.2, 0.25) is 0 Å². The first-order valence-corrected chi connectivity index (χ1v) is 10.1. The third-order valence-corrected chi connectivity index (χ3v) is 7.08. The molecule has 0 radical (unpaired) electrons. The lowest BCUT2D eigenvalue weighted by Gasteiger charge is -2.20. The predicted molar refractivity (Wildman–Crippen MR) is 108 cm³/mol. The van der Waals surface area contributed by atoms with Crippen LogP contribution >= 0.6 is 7.92 Å². The van der Waals surface area contributed by atoms with E-state index in [0.29, 0.717) is 0 Å². The summed E-state index contributed by atoms with van der Waals surface area (Å²) in [5, 5.41) is 2.95. The van der Waals surface area contributed by atoms with Gasteiger partial charge in [-0.25, -0.2) is 0 Å². The first-order chi connectivity index (χ1) is 11.6. The molecule has 0 aliphatic heterocycles. The molecule has 24 heavy (non-hydrogen) atoms. The van der Waals surface area contributed by atoms with Crippen molar-refractivity contribution in [3.63, 3.8) is 0 Å². The summed E-state index contributed by atoms with van der Waals surface area (Å²) >= 11 is 0. The Bertz CT molecular complexity index is 728. The van der Waals surface area contributed by atoms with Crippen LogP contribution in [0.4, 0.5) is 0 Å². The highest BCUT2D eigenvalue weighted by Crippen LogP contribution is 2.35. The Labute approximate surface area is 147 Å². The zero-order chi connectivity index (χ0) is 16.9. The lowest BCUT2D eigenvalue weighted by Crippen LogP contribution is -2.15. The van der Waals surface area contributed by atoms with Gasteiger partial charge in [-0.15, -0.1) is 0 Å². The molecule has 0 bridgehead atoms. The van der Waals surface area contributed by atoms with Gasteiger partial charge in [0.05, 0.1) is 0 Å². The summed E-state index contributed by atoms with van der Waals surface area (Å²) in [6, 6.07) is 26.6. The number of rotatable bonds is 5. The molecule has 3 rings (SSSR count). The van der Waals surface area contributed by atoms with Gasteiger partial charge in [-0.2, -0.15) is 0 Å². The third kappa shape index (κ3) is 3.94. The quantitative estimate of drug-likeness (QED) is 0.557. The molecule has 122 valence electrons. The van der Waals surface area contributed by atoms with Gasteiger partial charge in [0.1, 0.15) is 0 Å². The van der Waals surface area contributed by atoms with Crippen LogP contribution < -0.4 is 10.6 Å². The van der Waals surface area contributed by atoms with Crippen LogP contribution in [0.5, 0.6) is 0 Å². The summed E-state index contributed by atoms with van der Waals surface area (Å²) in [7, 11) is -0.307. The van der Waals surface area contributed by atoms with Gasteiger partial charge in [-0.05, 0) is 68.6 Å². The van der Waals surface area contributed by atoms with E-state index in [9.17, 15) is 0 Å². The van der Waals surface area contributed by atoms with Gasteiger partial charge in [-0.3, -0.25) is 0 Å². The summed E-state index contributed by atoms with van der Waals surface area (Å²) in [6.07, 6.45) is 2.35. The molecular weight excluding hydrogens is 307 g/mol. The molecule has 0 aromatic heterocycles. The molecule has 0 fully saturated rings. The molecule has 0 amide bonds. The molecule has 0 unspecified atom stereocenters. The highest BCUT2D eigenvalue weighted by Gasteiger charge is 2.14. The lowest BCUT2D eigenvalue weighted by molar-refractivity contribution is 1.08. The Hall–Kier alpha value is -1.91. The Morgan fingerprint density at radius 1 is 0.667 bits per heavy atom. The molecule has 0 aliphatic carbocycles. The van der Waals surface area contributed by atoms with Gasteiger partial charge in [0, 0.05) is 0 Å². The molecule has 0 saturated heterocycles. The van der Waals surface area contributed by atoms with E-state index in [4.69, 9.17) is 0 Å². The molecule has 0 N–H and O–H groups in total. The minimum atomic E-state index is -0.307. The Morgan fingerprint density at radius 3 is 1.58 bits per heavy atom. The fourth-order valence-corrected chi connectivity index (χ4v) is 5.78. The van der Waals surface area contributed by atoms with E-state index in [0.717, 1.165) is 6.42 Å². The minimum absolute atomic E-state index is 0.307. The Balaban J connectivity index is 1.89. The van der Waals surface area contributed by atoms with Crippen LogP contribution in [0.25, 0.3) is 0 Å². The van der Waals surface area contributed by atoms with Crippen molar-refractivity contribution in [1.82, 2.24) is 0 Å². The van der Waals surface area contributed by atoms with Gasteiger partial charge in [-0.1, -0.05) is 78.4 Å². The van der Waals surface area contributed by atoms with Crippen LogP contribution in [-0.2, 0) is 6.42 Å². The van der Waals surface area contributed by atoms with E-state index >= 15 is 0 Å². The number of aryl methyl sites for hydroxylation is 3. The summed E-state index contributed by atoms with van der Waals surface area (Å²) in [6.45, 7) is 6.69. The minimum Gasteiger partial charge on any atom is -0.0622 e. The molecule has 0 spiro atoms. The maximum absolute atomic E-state index is 2.32. The SMILES string of the molecule is Cc1cc(C)c(CCP(c2ccccc2)c2ccccc2)c(C)c1. The maximum atomic E-state index is 2.32. The Morgan fingerprint density at radius 2 is 1.12 bits per heavy atom. The van der Waals surface area contributed by atoms with E-state index in [-0.39, 0.29) is 7.92 Å². The second-order valence-electron chi connectivity index (χ2n) is 6.45. The van der Waals surface area contributed by atoms with Gasteiger partial charge >= 0.3 is 0 Å². The van der Waals surface area contributed by atoms with Crippen LogP contribution in [-0.4, -0.2) is 6.16 Å². The van der Waals surface area contributed by atoms with Crippen LogP contribution in [0.2, 0.25) is 0 Å². The van der Waals surface area contributed by atoms with E-state index in [2.05, 4.69) is 93.6 Å². The Kier molecular flexibility index (Phi) is 5.48. The molecule has 0 aliphatic rings. The van der Waals surface area contributed by atoms with E-state index in [1.54, 1.807) is 0 Å². The molecule has 0 saturated carbocycles. The van der Waals surface area contributed by atoms with E-state index < -0.39 is 0 Å². The molecule has 3 aromatic rings.